The average molecular weight is 284 g/mol. The molecule has 2 rings (SSSR count). The van der Waals surface area contributed by atoms with E-state index in [-0.39, 0.29) is 5.91 Å². The van der Waals surface area contributed by atoms with Crippen molar-refractivity contribution in [3.63, 3.8) is 0 Å². The molecular formula is C18H24N2O. The van der Waals surface area contributed by atoms with Gasteiger partial charge in [0.05, 0.1) is 12.1 Å². The number of hydrogen-bond acceptors (Lipinski definition) is 2. The lowest BCUT2D eigenvalue weighted by molar-refractivity contribution is 0.0904. The smallest absolute Gasteiger partial charge is 0.252 e. The van der Waals surface area contributed by atoms with Crippen LogP contribution in [0.3, 0.4) is 0 Å². The molecule has 21 heavy (non-hydrogen) atoms. The fourth-order valence-electron chi connectivity index (χ4n) is 3.07. The van der Waals surface area contributed by atoms with Gasteiger partial charge in [-0.25, -0.2) is 0 Å². The van der Waals surface area contributed by atoms with Crippen LogP contribution >= 0.6 is 0 Å². The van der Waals surface area contributed by atoms with Crippen molar-refractivity contribution in [2.24, 2.45) is 11.7 Å². The minimum absolute atomic E-state index is 0.0118. The van der Waals surface area contributed by atoms with Gasteiger partial charge < -0.3 is 11.1 Å². The molecule has 0 radical (unpaired) electrons. The predicted octanol–water partition coefficient (Wildman–Crippen LogP) is 2.70. The summed E-state index contributed by atoms with van der Waals surface area (Å²) in [6.07, 6.45) is 5.91. The van der Waals surface area contributed by atoms with E-state index in [1.807, 2.05) is 24.3 Å². The van der Waals surface area contributed by atoms with E-state index in [0.717, 1.165) is 18.4 Å². The number of hydrogen-bond donors (Lipinski definition) is 2. The Morgan fingerprint density at radius 3 is 2.86 bits per heavy atom. The van der Waals surface area contributed by atoms with Crippen LogP contribution in [-0.4, -0.2) is 18.5 Å². The SMILES string of the molecule is CCC1CCCCC1NC(=O)c1ccccc1C#CCN. The molecule has 1 aliphatic carbocycles. The Kier molecular flexibility index (Phi) is 5.83. The first-order chi connectivity index (χ1) is 10.3. The van der Waals surface area contributed by atoms with Gasteiger partial charge in [0, 0.05) is 11.6 Å². The Bertz CT molecular complexity index is 542. The molecule has 112 valence electrons. The lowest BCUT2D eigenvalue weighted by atomic mass is 9.82. The fraction of sp³-hybridized carbons (Fsp3) is 0.500. The van der Waals surface area contributed by atoms with Crippen molar-refractivity contribution >= 4 is 5.91 Å². The van der Waals surface area contributed by atoms with E-state index in [1.54, 1.807) is 0 Å². The van der Waals surface area contributed by atoms with Gasteiger partial charge in [0.2, 0.25) is 0 Å². The van der Waals surface area contributed by atoms with Crippen LogP contribution in [0.5, 0.6) is 0 Å². The number of nitrogens with two attached hydrogens (primary N) is 1. The Labute approximate surface area is 127 Å². The quantitative estimate of drug-likeness (QED) is 0.839. The highest BCUT2D eigenvalue weighted by Crippen LogP contribution is 2.27. The van der Waals surface area contributed by atoms with E-state index < -0.39 is 0 Å². The molecule has 1 fully saturated rings. The molecule has 0 aromatic heterocycles. The van der Waals surface area contributed by atoms with E-state index in [0.29, 0.717) is 24.1 Å². The van der Waals surface area contributed by atoms with E-state index in [2.05, 4.69) is 24.1 Å². The van der Waals surface area contributed by atoms with Gasteiger partial charge >= 0.3 is 0 Å². The summed E-state index contributed by atoms with van der Waals surface area (Å²) in [6.45, 7) is 2.51. The van der Waals surface area contributed by atoms with E-state index in [1.165, 1.54) is 19.3 Å². The van der Waals surface area contributed by atoms with Gasteiger partial charge in [0.25, 0.3) is 5.91 Å². The van der Waals surface area contributed by atoms with Gasteiger partial charge in [-0.05, 0) is 30.9 Å². The summed E-state index contributed by atoms with van der Waals surface area (Å²) in [5, 5.41) is 3.22. The summed E-state index contributed by atoms with van der Waals surface area (Å²) in [4.78, 5) is 12.5. The van der Waals surface area contributed by atoms with Crippen LogP contribution in [0.15, 0.2) is 24.3 Å². The Balaban J connectivity index is 2.13. The van der Waals surface area contributed by atoms with Crippen LogP contribution < -0.4 is 11.1 Å². The summed E-state index contributed by atoms with van der Waals surface area (Å²) in [5.74, 6) is 6.39. The van der Waals surface area contributed by atoms with Crippen LogP contribution in [0.2, 0.25) is 0 Å². The zero-order chi connectivity index (χ0) is 15.1. The van der Waals surface area contributed by atoms with Gasteiger partial charge in [-0.3, -0.25) is 4.79 Å². The highest BCUT2D eigenvalue weighted by molar-refractivity contribution is 5.96. The monoisotopic (exact) mass is 284 g/mol. The highest BCUT2D eigenvalue weighted by Gasteiger charge is 2.25. The van der Waals surface area contributed by atoms with Gasteiger partial charge in [-0.1, -0.05) is 50.2 Å². The Morgan fingerprint density at radius 1 is 1.33 bits per heavy atom. The first-order valence-electron chi connectivity index (χ1n) is 7.85. The molecule has 1 amide bonds. The van der Waals surface area contributed by atoms with Crippen molar-refractivity contribution < 1.29 is 4.79 Å². The summed E-state index contributed by atoms with van der Waals surface area (Å²) in [5.41, 5.74) is 6.82. The van der Waals surface area contributed by atoms with Crippen molar-refractivity contribution in [2.75, 3.05) is 6.54 Å². The average Bonchev–Trinajstić information content (AvgIpc) is 2.53. The lowest BCUT2D eigenvalue weighted by Crippen LogP contribution is -2.42. The molecular weight excluding hydrogens is 260 g/mol. The van der Waals surface area contributed by atoms with Crippen LogP contribution in [-0.2, 0) is 0 Å². The van der Waals surface area contributed by atoms with E-state index >= 15 is 0 Å². The molecule has 0 saturated heterocycles. The molecule has 0 heterocycles. The van der Waals surface area contributed by atoms with Crippen LogP contribution in [0.25, 0.3) is 0 Å². The molecule has 0 bridgehead atoms. The lowest BCUT2D eigenvalue weighted by Gasteiger charge is -2.31. The van der Waals surface area contributed by atoms with Crippen molar-refractivity contribution in [3.8, 4) is 11.8 Å². The molecule has 3 heteroatoms. The maximum Gasteiger partial charge on any atom is 0.252 e. The third-order valence-corrected chi connectivity index (χ3v) is 4.25. The minimum Gasteiger partial charge on any atom is -0.349 e. The number of amides is 1. The summed E-state index contributed by atoms with van der Waals surface area (Å²) < 4.78 is 0. The maximum absolute atomic E-state index is 12.5. The maximum atomic E-state index is 12.5. The Hall–Kier alpha value is -1.79. The third kappa shape index (κ3) is 4.09. The van der Waals surface area contributed by atoms with Gasteiger partial charge in [-0.2, -0.15) is 0 Å². The summed E-state index contributed by atoms with van der Waals surface area (Å²) >= 11 is 0. The molecule has 2 unspecified atom stereocenters. The van der Waals surface area contributed by atoms with Crippen molar-refractivity contribution in [1.82, 2.24) is 5.32 Å². The van der Waals surface area contributed by atoms with Crippen LogP contribution in [0, 0.1) is 17.8 Å². The summed E-state index contributed by atoms with van der Waals surface area (Å²) in [6, 6.07) is 7.77. The number of carbonyl (C=O) groups excluding carboxylic acids is 1. The fourth-order valence-corrected chi connectivity index (χ4v) is 3.07. The van der Waals surface area contributed by atoms with Crippen LogP contribution in [0.1, 0.15) is 54.9 Å². The second-order valence-electron chi connectivity index (χ2n) is 5.58. The highest BCUT2D eigenvalue weighted by atomic mass is 16.1. The Morgan fingerprint density at radius 2 is 2.10 bits per heavy atom. The number of carbonyl (C=O) groups is 1. The zero-order valence-electron chi connectivity index (χ0n) is 12.7. The topological polar surface area (TPSA) is 55.1 Å². The molecule has 1 saturated carbocycles. The molecule has 1 aromatic rings. The minimum atomic E-state index is -0.0118. The zero-order valence-corrected chi connectivity index (χ0v) is 12.7. The first kappa shape index (κ1) is 15.6. The molecule has 1 aliphatic rings. The van der Waals surface area contributed by atoms with Crippen LogP contribution in [0.4, 0.5) is 0 Å². The van der Waals surface area contributed by atoms with E-state index in [9.17, 15) is 4.79 Å². The van der Waals surface area contributed by atoms with E-state index in [4.69, 9.17) is 5.73 Å². The molecule has 3 nitrogen and oxygen atoms in total. The van der Waals surface area contributed by atoms with Gasteiger partial charge in [0.15, 0.2) is 0 Å². The molecule has 0 aliphatic heterocycles. The number of rotatable bonds is 3. The van der Waals surface area contributed by atoms with Gasteiger partial charge in [-0.15, -0.1) is 0 Å². The normalized spacial score (nSPS) is 21.2. The molecule has 2 atom stereocenters. The summed E-state index contributed by atoms with van der Waals surface area (Å²) in [7, 11) is 0. The largest absolute Gasteiger partial charge is 0.349 e. The number of benzene rings is 1. The van der Waals surface area contributed by atoms with Crippen molar-refractivity contribution in [2.45, 2.75) is 45.1 Å². The van der Waals surface area contributed by atoms with Gasteiger partial charge in [0.1, 0.15) is 0 Å². The third-order valence-electron chi connectivity index (χ3n) is 4.25. The molecule has 0 spiro atoms. The van der Waals surface area contributed by atoms with Crippen molar-refractivity contribution in [3.05, 3.63) is 35.4 Å². The molecule has 3 N–H and O–H groups in total. The number of nitrogens with one attached hydrogen (secondary N) is 1. The van der Waals surface area contributed by atoms with Crippen molar-refractivity contribution in [1.29, 1.82) is 0 Å². The molecule has 1 aromatic carbocycles. The standard InChI is InChI=1S/C18H24N2O/c1-2-14-8-4-6-12-17(14)20-18(21)16-11-5-3-9-15(16)10-7-13-19/h3,5,9,11,14,17H,2,4,6,8,12-13,19H2,1H3,(H,20,21). The second kappa shape index (κ2) is 7.85. The first-order valence-corrected chi connectivity index (χ1v) is 7.85. The second-order valence-corrected chi connectivity index (χ2v) is 5.58. The predicted molar refractivity (Wildman–Crippen MR) is 85.9 cm³/mol.